The molecule has 0 saturated carbocycles. The van der Waals surface area contributed by atoms with Crippen LogP contribution in [0.4, 0.5) is 0 Å². The van der Waals surface area contributed by atoms with Crippen LogP contribution < -0.4 is 10.3 Å². The van der Waals surface area contributed by atoms with E-state index in [-0.39, 0.29) is 5.56 Å². The highest BCUT2D eigenvalue weighted by Gasteiger charge is 2.06. The third kappa shape index (κ3) is 3.01. The minimum atomic E-state index is -0.173. The second kappa shape index (κ2) is 6.49. The van der Waals surface area contributed by atoms with Crippen molar-refractivity contribution in [1.82, 2.24) is 15.0 Å². The number of ether oxygens (including phenoxy) is 1. The molecule has 124 valence electrons. The van der Waals surface area contributed by atoms with Crippen molar-refractivity contribution in [2.45, 2.75) is 0 Å². The Kier molecular flexibility index (Phi) is 3.88. The van der Waals surface area contributed by atoms with Gasteiger partial charge in [0.2, 0.25) is 5.88 Å². The maximum atomic E-state index is 12.2. The molecule has 6 nitrogen and oxygen atoms in total. The number of hydrogen-bond donors (Lipinski definition) is 1. The van der Waals surface area contributed by atoms with Crippen LogP contribution in [0.1, 0.15) is 5.56 Å². The molecule has 1 N–H and O–H groups in total. The average molecular weight is 340 g/mol. The minimum absolute atomic E-state index is 0.173. The highest BCUT2D eigenvalue weighted by molar-refractivity contribution is 5.79. The van der Waals surface area contributed by atoms with Crippen LogP contribution in [0.15, 0.2) is 71.7 Å². The van der Waals surface area contributed by atoms with Gasteiger partial charge in [-0.2, -0.15) is 5.26 Å². The second-order valence-corrected chi connectivity index (χ2v) is 5.56. The predicted octanol–water partition coefficient (Wildman–Crippen LogP) is 3.65. The molecule has 0 amide bonds. The van der Waals surface area contributed by atoms with Crippen LogP contribution in [0, 0.1) is 11.3 Å². The number of para-hydroxylation sites is 1. The Morgan fingerprint density at radius 2 is 1.81 bits per heavy atom. The van der Waals surface area contributed by atoms with Crippen LogP contribution in [-0.4, -0.2) is 15.0 Å². The van der Waals surface area contributed by atoms with Crippen LogP contribution in [0.5, 0.6) is 11.6 Å². The van der Waals surface area contributed by atoms with E-state index in [2.05, 4.69) is 15.0 Å². The molecule has 0 atom stereocenters. The first-order valence-corrected chi connectivity index (χ1v) is 7.86. The average Bonchev–Trinajstić information content (AvgIpc) is 2.69. The van der Waals surface area contributed by atoms with Gasteiger partial charge in [-0.1, -0.05) is 12.1 Å². The van der Waals surface area contributed by atoms with E-state index in [1.165, 1.54) is 6.20 Å². The lowest BCUT2D eigenvalue weighted by molar-refractivity contribution is 0.463. The van der Waals surface area contributed by atoms with Gasteiger partial charge in [-0.25, -0.2) is 9.97 Å². The van der Waals surface area contributed by atoms with E-state index in [1.807, 2.05) is 36.4 Å². The summed E-state index contributed by atoms with van der Waals surface area (Å²) >= 11 is 0. The zero-order valence-corrected chi connectivity index (χ0v) is 13.5. The highest BCUT2D eigenvalue weighted by atomic mass is 16.5. The Labute approximate surface area is 148 Å². The zero-order chi connectivity index (χ0) is 17.9. The van der Waals surface area contributed by atoms with E-state index in [0.29, 0.717) is 33.9 Å². The number of nitrogens with one attached hydrogen (secondary N) is 1. The van der Waals surface area contributed by atoms with Gasteiger partial charge in [-0.15, -0.1) is 0 Å². The molecule has 0 bridgehead atoms. The SMILES string of the molecule is N#Cc1ccc(Oc2ccc(-c3nc4ccccc4c(=O)[nH]3)cc2)nc1. The van der Waals surface area contributed by atoms with Crippen LogP contribution in [-0.2, 0) is 0 Å². The van der Waals surface area contributed by atoms with Crippen molar-refractivity contribution in [1.29, 1.82) is 5.26 Å². The van der Waals surface area contributed by atoms with Gasteiger partial charge in [0.1, 0.15) is 17.6 Å². The molecule has 2 aromatic carbocycles. The molecular formula is C20H12N4O2. The van der Waals surface area contributed by atoms with Gasteiger partial charge >= 0.3 is 0 Å². The maximum absolute atomic E-state index is 12.2. The quantitative estimate of drug-likeness (QED) is 0.614. The smallest absolute Gasteiger partial charge is 0.259 e. The molecule has 26 heavy (non-hydrogen) atoms. The Hall–Kier alpha value is -3.98. The van der Waals surface area contributed by atoms with Gasteiger partial charge in [0.05, 0.1) is 16.5 Å². The van der Waals surface area contributed by atoms with Crippen molar-refractivity contribution < 1.29 is 4.74 Å². The summed E-state index contributed by atoms with van der Waals surface area (Å²) in [6, 6.07) is 19.6. The van der Waals surface area contributed by atoms with Crippen LogP contribution in [0.2, 0.25) is 0 Å². The third-order valence-electron chi connectivity index (χ3n) is 3.83. The van der Waals surface area contributed by atoms with Gasteiger partial charge < -0.3 is 9.72 Å². The number of fused-ring (bicyclic) bond motifs is 1. The van der Waals surface area contributed by atoms with E-state index in [1.54, 1.807) is 30.3 Å². The number of pyridine rings is 1. The largest absolute Gasteiger partial charge is 0.439 e. The molecule has 0 aliphatic rings. The second-order valence-electron chi connectivity index (χ2n) is 5.56. The maximum Gasteiger partial charge on any atom is 0.259 e. The van der Waals surface area contributed by atoms with E-state index in [9.17, 15) is 4.79 Å². The van der Waals surface area contributed by atoms with Gasteiger partial charge in [0.15, 0.2) is 0 Å². The summed E-state index contributed by atoms with van der Waals surface area (Å²) in [5.74, 6) is 1.49. The first-order valence-electron chi connectivity index (χ1n) is 7.86. The van der Waals surface area contributed by atoms with Crippen molar-refractivity contribution in [3.05, 3.63) is 82.8 Å². The predicted molar refractivity (Wildman–Crippen MR) is 96.8 cm³/mol. The summed E-state index contributed by atoms with van der Waals surface area (Å²) in [5, 5.41) is 9.34. The summed E-state index contributed by atoms with van der Waals surface area (Å²) in [6.07, 6.45) is 1.45. The van der Waals surface area contributed by atoms with E-state index >= 15 is 0 Å². The lowest BCUT2D eigenvalue weighted by Crippen LogP contribution is -2.09. The van der Waals surface area contributed by atoms with E-state index in [0.717, 1.165) is 5.56 Å². The van der Waals surface area contributed by atoms with Crippen molar-refractivity contribution in [3.63, 3.8) is 0 Å². The topological polar surface area (TPSA) is 91.7 Å². The van der Waals surface area contributed by atoms with Gasteiger partial charge in [0.25, 0.3) is 5.56 Å². The van der Waals surface area contributed by atoms with Crippen LogP contribution in [0.3, 0.4) is 0 Å². The minimum Gasteiger partial charge on any atom is -0.439 e. The molecule has 0 fully saturated rings. The molecule has 0 radical (unpaired) electrons. The molecule has 2 aromatic heterocycles. The fourth-order valence-corrected chi connectivity index (χ4v) is 2.53. The van der Waals surface area contributed by atoms with Crippen molar-refractivity contribution in [3.8, 4) is 29.1 Å². The molecule has 0 spiro atoms. The number of rotatable bonds is 3. The molecule has 4 aromatic rings. The standard InChI is InChI=1S/C20H12N4O2/c21-11-13-5-10-18(22-12-13)26-15-8-6-14(7-9-15)19-23-17-4-2-1-3-16(17)20(25)24-19/h1-10,12H,(H,23,24,25). The Morgan fingerprint density at radius 3 is 2.54 bits per heavy atom. The first kappa shape index (κ1) is 15.5. The summed E-state index contributed by atoms with van der Waals surface area (Å²) in [4.78, 5) is 23.5. The van der Waals surface area contributed by atoms with Crippen LogP contribution in [0.25, 0.3) is 22.3 Å². The van der Waals surface area contributed by atoms with Gasteiger partial charge in [-0.3, -0.25) is 4.79 Å². The van der Waals surface area contributed by atoms with Crippen molar-refractivity contribution in [2.75, 3.05) is 0 Å². The summed E-state index contributed by atoms with van der Waals surface area (Å²) < 4.78 is 5.65. The molecule has 0 aliphatic heterocycles. The number of benzene rings is 2. The normalized spacial score (nSPS) is 10.4. The lowest BCUT2D eigenvalue weighted by Gasteiger charge is -2.06. The van der Waals surface area contributed by atoms with Gasteiger partial charge in [0, 0.05) is 17.8 Å². The Balaban J connectivity index is 1.61. The number of aromatic nitrogens is 3. The lowest BCUT2D eigenvalue weighted by atomic mass is 10.2. The van der Waals surface area contributed by atoms with Crippen molar-refractivity contribution in [2.24, 2.45) is 0 Å². The fourth-order valence-electron chi connectivity index (χ4n) is 2.53. The highest BCUT2D eigenvalue weighted by Crippen LogP contribution is 2.23. The molecule has 2 heterocycles. The zero-order valence-electron chi connectivity index (χ0n) is 13.5. The summed E-state index contributed by atoms with van der Waals surface area (Å²) in [5.41, 5.74) is 1.72. The number of aromatic amines is 1. The number of hydrogen-bond acceptors (Lipinski definition) is 5. The van der Waals surface area contributed by atoms with E-state index < -0.39 is 0 Å². The van der Waals surface area contributed by atoms with Crippen molar-refractivity contribution >= 4 is 10.9 Å². The summed E-state index contributed by atoms with van der Waals surface area (Å²) in [6.45, 7) is 0. The van der Waals surface area contributed by atoms with Gasteiger partial charge in [-0.05, 0) is 42.5 Å². The number of nitriles is 1. The number of H-pyrrole nitrogens is 1. The molecule has 0 unspecified atom stereocenters. The molecule has 0 saturated heterocycles. The Bertz CT molecular complexity index is 1170. The molecule has 4 rings (SSSR count). The third-order valence-corrected chi connectivity index (χ3v) is 3.83. The first-order chi connectivity index (χ1) is 12.7. The molecular weight excluding hydrogens is 328 g/mol. The fraction of sp³-hybridized carbons (Fsp3) is 0. The molecule has 0 aliphatic carbocycles. The van der Waals surface area contributed by atoms with E-state index in [4.69, 9.17) is 10.00 Å². The van der Waals surface area contributed by atoms with Crippen LogP contribution >= 0.6 is 0 Å². The number of nitrogens with zero attached hydrogens (tertiary/aromatic N) is 3. The molecule has 6 heteroatoms. The monoisotopic (exact) mass is 340 g/mol. The summed E-state index contributed by atoms with van der Waals surface area (Å²) in [7, 11) is 0. The Morgan fingerprint density at radius 1 is 1.00 bits per heavy atom.